The molecular weight excluding hydrogens is 243 g/mol. The predicted molar refractivity (Wildman–Crippen MR) is 71.0 cm³/mol. The molecule has 1 aromatic carbocycles. The third kappa shape index (κ3) is 1.79. The molecule has 0 radical (unpaired) electrons. The van der Waals surface area contributed by atoms with Crippen LogP contribution in [0.15, 0.2) is 18.2 Å². The normalized spacial score (nSPS) is 21.1. The lowest BCUT2D eigenvalue weighted by molar-refractivity contribution is 0.335. The van der Waals surface area contributed by atoms with Crippen molar-refractivity contribution in [2.24, 2.45) is 0 Å². The van der Waals surface area contributed by atoms with Crippen LogP contribution in [0.25, 0.3) is 0 Å². The van der Waals surface area contributed by atoms with Gasteiger partial charge in [0, 0.05) is 22.7 Å². The van der Waals surface area contributed by atoms with Crippen LogP contribution in [0, 0.1) is 0 Å². The van der Waals surface area contributed by atoms with E-state index in [1.54, 1.807) is 0 Å². The fourth-order valence-corrected chi connectivity index (χ4v) is 2.99. The van der Waals surface area contributed by atoms with E-state index in [2.05, 4.69) is 22.8 Å². The van der Waals surface area contributed by atoms with Gasteiger partial charge in [-0.15, -0.1) is 12.4 Å². The fraction of sp³-hybridized carbons (Fsp3) is 0.500. The number of anilines is 1. The summed E-state index contributed by atoms with van der Waals surface area (Å²) < 4.78 is 0. The van der Waals surface area contributed by atoms with E-state index in [-0.39, 0.29) is 12.4 Å². The van der Waals surface area contributed by atoms with Crippen LogP contribution in [-0.2, 0) is 5.41 Å². The van der Waals surface area contributed by atoms with Crippen LogP contribution in [0.4, 0.5) is 5.69 Å². The van der Waals surface area contributed by atoms with Gasteiger partial charge in [-0.25, -0.2) is 0 Å². The lowest BCUT2D eigenvalue weighted by atomic mass is 9.75. The van der Waals surface area contributed by atoms with Gasteiger partial charge in [-0.05, 0) is 49.7 Å². The number of fused-ring (bicyclic) bond motifs is 2. The highest BCUT2D eigenvalue weighted by Crippen LogP contribution is 2.43. The van der Waals surface area contributed by atoms with Crippen LogP contribution >= 0.6 is 24.0 Å². The average molecular weight is 259 g/mol. The summed E-state index contributed by atoms with van der Waals surface area (Å²) in [5.41, 5.74) is 3.05. The third-order valence-corrected chi connectivity index (χ3v) is 3.97. The molecule has 2 heterocycles. The third-order valence-electron chi connectivity index (χ3n) is 3.73. The molecule has 1 fully saturated rings. The molecule has 0 bridgehead atoms. The monoisotopic (exact) mass is 258 g/mol. The van der Waals surface area contributed by atoms with Crippen molar-refractivity contribution < 1.29 is 0 Å². The van der Waals surface area contributed by atoms with Crippen molar-refractivity contribution in [3.8, 4) is 0 Å². The highest BCUT2D eigenvalue weighted by Gasteiger charge is 2.39. The van der Waals surface area contributed by atoms with Crippen LogP contribution in [0.5, 0.6) is 0 Å². The van der Waals surface area contributed by atoms with Crippen LogP contribution in [0.3, 0.4) is 0 Å². The summed E-state index contributed by atoms with van der Waals surface area (Å²) in [5, 5.41) is 7.78. The quantitative estimate of drug-likeness (QED) is 0.748. The Bertz CT molecular complexity index is 381. The van der Waals surface area contributed by atoms with Crippen molar-refractivity contribution in [3.63, 3.8) is 0 Å². The summed E-state index contributed by atoms with van der Waals surface area (Å²) in [6, 6.07) is 6.21. The molecule has 2 N–H and O–H groups in total. The second-order valence-electron chi connectivity index (χ2n) is 4.57. The van der Waals surface area contributed by atoms with Gasteiger partial charge in [0.25, 0.3) is 0 Å². The Morgan fingerprint density at radius 1 is 1.19 bits per heavy atom. The predicted octanol–water partition coefficient (Wildman–Crippen LogP) is 2.81. The summed E-state index contributed by atoms with van der Waals surface area (Å²) in [6.45, 7) is 3.31. The van der Waals surface area contributed by atoms with Crippen molar-refractivity contribution in [3.05, 3.63) is 28.8 Å². The number of benzene rings is 1. The van der Waals surface area contributed by atoms with Gasteiger partial charge >= 0.3 is 0 Å². The first kappa shape index (κ1) is 12.0. The zero-order valence-electron chi connectivity index (χ0n) is 9.05. The first-order valence-electron chi connectivity index (χ1n) is 5.55. The molecule has 16 heavy (non-hydrogen) atoms. The summed E-state index contributed by atoms with van der Waals surface area (Å²) in [7, 11) is 0. The minimum absolute atomic E-state index is 0. The molecule has 0 atom stereocenters. The van der Waals surface area contributed by atoms with Gasteiger partial charge in [-0.2, -0.15) is 0 Å². The van der Waals surface area contributed by atoms with E-state index < -0.39 is 0 Å². The molecular formula is C12H16Cl2N2. The van der Waals surface area contributed by atoms with Crippen LogP contribution in [-0.4, -0.2) is 19.6 Å². The van der Waals surface area contributed by atoms with Crippen molar-refractivity contribution in [1.82, 2.24) is 5.32 Å². The zero-order valence-corrected chi connectivity index (χ0v) is 10.6. The maximum absolute atomic E-state index is 6.08. The molecule has 1 saturated heterocycles. The lowest BCUT2D eigenvalue weighted by Gasteiger charge is -2.33. The van der Waals surface area contributed by atoms with Gasteiger partial charge in [-0.3, -0.25) is 0 Å². The first-order chi connectivity index (χ1) is 7.30. The number of hydrogen-bond acceptors (Lipinski definition) is 2. The maximum Gasteiger partial charge on any atom is 0.0410 e. The lowest BCUT2D eigenvalue weighted by Crippen LogP contribution is -2.41. The van der Waals surface area contributed by atoms with E-state index in [1.165, 1.54) is 24.1 Å². The largest absolute Gasteiger partial charge is 0.384 e. The Hall–Kier alpha value is -0.440. The van der Waals surface area contributed by atoms with E-state index in [1.807, 2.05) is 6.07 Å². The smallest absolute Gasteiger partial charge is 0.0410 e. The summed E-state index contributed by atoms with van der Waals surface area (Å²) in [5.74, 6) is 0. The molecule has 4 heteroatoms. The van der Waals surface area contributed by atoms with E-state index in [0.717, 1.165) is 24.7 Å². The Morgan fingerprint density at radius 2 is 1.94 bits per heavy atom. The molecule has 88 valence electrons. The fourth-order valence-electron chi connectivity index (χ4n) is 2.82. The minimum atomic E-state index is 0. The van der Waals surface area contributed by atoms with Crippen molar-refractivity contribution in [2.45, 2.75) is 18.3 Å². The Labute approximate surface area is 107 Å². The van der Waals surface area contributed by atoms with Crippen molar-refractivity contribution in [2.75, 3.05) is 25.0 Å². The molecule has 1 spiro atoms. The topological polar surface area (TPSA) is 24.1 Å². The summed E-state index contributed by atoms with van der Waals surface area (Å²) >= 11 is 6.08. The standard InChI is InChI=1S/C12H15ClN2.ClH/c13-9-1-2-11-10(7-9)12(8-15-11)3-5-14-6-4-12;/h1-2,7,14-15H,3-6,8H2;1H. The van der Waals surface area contributed by atoms with Gasteiger partial charge in [0.1, 0.15) is 0 Å². The number of piperidine rings is 1. The number of rotatable bonds is 0. The molecule has 0 amide bonds. The van der Waals surface area contributed by atoms with Crippen molar-refractivity contribution >= 4 is 29.7 Å². The Kier molecular flexibility index (Phi) is 3.34. The molecule has 2 aliphatic heterocycles. The molecule has 3 rings (SSSR count). The highest BCUT2D eigenvalue weighted by molar-refractivity contribution is 6.30. The second-order valence-corrected chi connectivity index (χ2v) is 5.01. The molecule has 0 unspecified atom stereocenters. The minimum Gasteiger partial charge on any atom is -0.384 e. The highest BCUT2D eigenvalue weighted by atomic mass is 35.5. The first-order valence-corrected chi connectivity index (χ1v) is 5.93. The number of nitrogens with one attached hydrogen (secondary N) is 2. The molecule has 1 aromatic rings. The van der Waals surface area contributed by atoms with Crippen LogP contribution < -0.4 is 10.6 Å². The van der Waals surface area contributed by atoms with E-state index in [0.29, 0.717) is 5.41 Å². The summed E-state index contributed by atoms with van der Waals surface area (Å²) in [4.78, 5) is 0. The Balaban J connectivity index is 0.000000963. The van der Waals surface area contributed by atoms with Gasteiger partial charge in [0.05, 0.1) is 0 Å². The molecule has 0 saturated carbocycles. The Morgan fingerprint density at radius 3 is 2.69 bits per heavy atom. The van der Waals surface area contributed by atoms with E-state index in [4.69, 9.17) is 11.6 Å². The van der Waals surface area contributed by atoms with Gasteiger partial charge in [0.2, 0.25) is 0 Å². The second kappa shape index (κ2) is 4.44. The van der Waals surface area contributed by atoms with Crippen LogP contribution in [0.1, 0.15) is 18.4 Å². The number of hydrogen-bond donors (Lipinski definition) is 2. The van der Waals surface area contributed by atoms with Gasteiger partial charge in [0.15, 0.2) is 0 Å². The summed E-state index contributed by atoms with van der Waals surface area (Å²) in [6.07, 6.45) is 2.43. The van der Waals surface area contributed by atoms with E-state index >= 15 is 0 Å². The van der Waals surface area contributed by atoms with Gasteiger partial charge in [-0.1, -0.05) is 11.6 Å². The van der Waals surface area contributed by atoms with Crippen molar-refractivity contribution in [1.29, 1.82) is 0 Å². The zero-order chi connectivity index (χ0) is 10.3. The molecule has 0 aromatic heterocycles. The average Bonchev–Trinajstić information content (AvgIpc) is 2.59. The van der Waals surface area contributed by atoms with Crippen LogP contribution in [0.2, 0.25) is 5.02 Å². The maximum atomic E-state index is 6.08. The molecule has 2 nitrogen and oxygen atoms in total. The SMILES string of the molecule is Cl.Clc1ccc2c(c1)C1(CCNCC1)CN2. The molecule has 2 aliphatic rings. The van der Waals surface area contributed by atoms with E-state index in [9.17, 15) is 0 Å². The number of halogens is 2. The molecule has 0 aliphatic carbocycles. The van der Waals surface area contributed by atoms with Gasteiger partial charge < -0.3 is 10.6 Å².